The summed E-state index contributed by atoms with van der Waals surface area (Å²) in [7, 11) is 4.42. The number of Topliss-reactive ketones (excluding diaryl/α,β-unsaturated/α-hetero) is 1. The number of fused-ring (bicyclic) bond motifs is 1. The van der Waals surface area contributed by atoms with Gasteiger partial charge in [0.15, 0.2) is 23.0 Å². The molecule has 1 aliphatic carbocycles. The molecular weight excluding hydrogens is 470 g/mol. The molecule has 2 aliphatic rings. The van der Waals surface area contributed by atoms with Gasteiger partial charge in [0.05, 0.1) is 26.3 Å². The van der Waals surface area contributed by atoms with Crippen molar-refractivity contribution in [2.24, 2.45) is 0 Å². The molecule has 12 nitrogen and oxygen atoms in total. The first kappa shape index (κ1) is 23.1. The van der Waals surface area contributed by atoms with Crippen LogP contribution in [0.15, 0.2) is 47.9 Å². The number of rotatable bonds is 6. The van der Waals surface area contributed by atoms with Gasteiger partial charge in [0.1, 0.15) is 12.4 Å². The second kappa shape index (κ2) is 8.87. The minimum Gasteiger partial charge on any atom is -0.500 e. The number of phenols is 1. The van der Waals surface area contributed by atoms with Gasteiger partial charge in [0, 0.05) is 23.8 Å². The first-order valence-electron chi connectivity index (χ1n) is 11.1. The number of allylic oxidation sites excluding steroid dienone is 2. The van der Waals surface area contributed by atoms with E-state index in [0.717, 1.165) is 5.56 Å². The maximum Gasteiger partial charge on any atom is 0.315 e. The highest BCUT2D eigenvalue weighted by molar-refractivity contribution is 6.00. The van der Waals surface area contributed by atoms with Crippen molar-refractivity contribution in [2.45, 2.75) is 24.8 Å². The summed E-state index contributed by atoms with van der Waals surface area (Å²) in [6.07, 6.45) is 2.06. The van der Waals surface area contributed by atoms with E-state index >= 15 is 0 Å². The molecule has 5 rings (SSSR count). The number of hydrogen-bond donors (Lipinski definition) is 2. The number of nitrogens with zero attached hydrogens (tertiary/aromatic N) is 4. The molecule has 0 fully saturated rings. The third kappa shape index (κ3) is 3.67. The van der Waals surface area contributed by atoms with E-state index in [2.05, 4.69) is 15.4 Å². The number of nitro benzene ring substituents is 1. The fourth-order valence-corrected chi connectivity index (χ4v) is 4.87. The number of anilines is 1. The molecule has 2 aromatic carbocycles. The molecule has 2 N–H and O–H groups in total. The number of phenolic OH excluding ortho intramolecular Hbond substituents is 1. The average Bonchev–Trinajstić information content (AvgIpc) is 3.35. The Morgan fingerprint density at radius 2 is 1.78 bits per heavy atom. The van der Waals surface area contributed by atoms with E-state index in [-0.39, 0.29) is 23.9 Å². The minimum absolute atomic E-state index is 0.0759. The highest BCUT2D eigenvalue weighted by Gasteiger charge is 2.40. The van der Waals surface area contributed by atoms with Crippen molar-refractivity contribution in [1.82, 2.24) is 14.8 Å². The molecule has 0 unspecified atom stereocenters. The smallest absolute Gasteiger partial charge is 0.315 e. The van der Waals surface area contributed by atoms with Gasteiger partial charge >= 0.3 is 5.69 Å². The molecular formula is C24H23N5O7. The molecule has 2 atom stereocenters. The van der Waals surface area contributed by atoms with Gasteiger partial charge in [-0.1, -0.05) is 6.07 Å². The Hall–Kier alpha value is -4.61. The van der Waals surface area contributed by atoms with Gasteiger partial charge < -0.3 is 24.6 Å². The number of nitro groups is 1. The quantitative estimate of drug-likeness (QED) is 0.386. The summed E-state index contributed by atoms with van der Waals surface area (Å²) in [6, 6.07) is 7.49. The predicted octanol–water partition coefficient (Wildman–Crippen LogP) is 3.33. The number of benzene rings is 2. The zero-order valence-corrected chi connectivity index (χ0v) is 19.7. The van der Waals surface area contributed by atoms with Crippen molar-refractivity contribution < 1.29 is 29.0 Å². The number of nitrogens with one attached hydrogen (secondary N) is 1. The number of hydrogen-bond acceptors (Lipinski definition) is 10. The Balaban J connectivity index is 1.61. The van der Waals surface area contributed by atoms with Crippen LogP contribution in [0.25, 0.3) is 0 Å². The summed E-state index contributed by atoms with van der Waals surface area (Å²) in [5.74, 6) is 0.626. The third-order valence-electron chi connectivity index (χ3n) is 6.55. The van der Waals surface area contributed by atoms with E-state index in [9.17, 15) is 20.0 Å². The lowest BCUT2D eigenvalue weighted by atomic mass is 9.77. The lowest BCUT2D eigenvalue weighted by Gasteiger charge is -2.35. The molecule has 36 heavy (non-hydrogen) atoms. The Kier molecular flexibility index (Phi) is 5.71. The summed E-state index contributed by atoms with van der Waals surface area (Å²) in [4.78, 5) is 28.8. The SMILES string of the molecule is COc1ccc([C@@H]2CC(=O)C3=C(C2)Nc2ncnn2[C@@H]3c2cc(OC)c(O)c([N+](=O)[O-])c2)cc1OC. The van der Waals surface area contributed by atoms with Crippen molar-refractivity contribution >= 4 is 17.4 Å². The number of carbonyl (C=O) groups excluding carboxylic acids is 1. The van der Waals surface area contributed by atoms with Gasteiger partial charge in [-0.25, -0.2) is 4.68 Å². The highest BCUT2D eigenvalue weighted by atomic mass is 16.6. The van der Waals surface area contributed by atoms with E-state index in [1.807, 2.05) is 12.1 Å². The molecule has 0 saturated carbocycles. The Morgan fingerprint density at radius 1 is 1.06 bits per heavy atom. The van der Waals surface area contributed by atoms with Crippen molar-refractivity contribution in [1.29, 1.82) is 0 Å². The van der Waals surface area contributed by atoms with Gasteiger partial charge in [0.25, 0.3) is 0 Å². The average molecular weight is 493 g/mol. The van der Waals surface area contributed by atoms with Gasteiger partial charge in [-0.2, -0.15) is 10.1 Å². The lowest BCUT2D eigenvalue weighted by molar-refractivity contribution is -0.386. The van der Waals surface area contributed by atoms with Crippen LogP contribution in [-0.2, 0) is 4.79 Å². The standard InChI is InChI=1S/C24H23N5O7/c1-34-18-5-4-12(9-19(18)35-2)13-6-15-21(17(30)8-13)22(28-24(27-15)25-11-26-28)14-7-16(29(32)33)23(31)20(10-14)36-3/h4-5,7,9-11,13,22,31H,6,8H2,1-3H3,(H,25,26,27)/t13-,22+/m0/s1. The molecule has 0 saturated heterocycles. The molecule has 186 valence electrons. The maximum atomic E-state index is 13.6. The molecule has 12 heteroatoms. The molecule has 0 bridgehead atoms. The van der Waals surface area contributed by atoms with Gasteiger partial charge in [-0.05, 0) is 41.7 Å². The van der Waals surface area contributed by atoms with Crippen molar-refractivity contribution in [2.75, 3.05) is 26.6 Å². The molecule has 0 radical (unpaired) electrons. The number of aromatic nitrogens is 3. The normalized spacial score (nSPS) is 18.7. The number of ketones is 1. The second-order valence-corrected chi connectivity index (χ2v) is 8.44. The summed E-state index contributed by atoms with van der Waals surface area (Å²) >= 11 is 0. The van der Waals surface area contributed by atoms with Crippen LogP contribution in [0.5, 0.6) is 23.0 Å². The van der Waals surface area contributed by atoms with Crippen LogP contribution in [0.2, 0.25) is 0 Å². The first-order valence-corrected chi connectivity index (χ1v) is 11.1. The van der Waals surface area contributed by atoms with Crippen molar-refractivity contribution in [3.05, 3.63) is 69.2 Å². The van der Waals surface area contributed by atoms with Crippen LogP contribution in [0.4, 0.5) is 11.6 Å². The molecule has 3 aromatic rings. The second-order valence-electron chi connectivity index (χ2n) is 8.44. The number of methoxy groups -OCH3 is 3. The summed E-state index contributed by atoms with van der Waals surface area (Å²) in [5.41, 5.74) is 1.85. The minimum atomic E-state index is -0.786. The van der Waals surface area contributed by atoms with E-state index in [1.165, 1.54) is 30.3 Å². The molecule has 2 heterocycles. The van der Waals surface area contributed by atoms with E-state index in [0.29, 0.717) is 40.7 Å². The fraction of sp³-hybridized carbons (Fsp3) is 0.292. The number of ether oxygens (including phenoxy) is 3. The van der Waals surface area contributed by atoms with Crippen LogP contribution in [0, 0.1) is 10.1 Å². The first-order chi connectivity index (χ1) is 17.4. The van der Waals surface area contributed by atoms with Gasteiger partial charge in [-0.15, -0.1) is 0 Å². The van der Waals surface area contributed by atoms with Crippen LogP contribution in [0.1, 0.15) is 35.9 Å². The maximum absolute atomic E-state index is 13.6. The fourth-order valence-electron chi connectivity index (χ4n) is 4.87. The Morgan fingerprint density at radius 3 is 2.47 bits per heavy atom. The van der Waals surface area contributed by atoms with Crippen molar-refractivity contribution in [3.8, 4) is 23.0 Å². The predicted molar refractivity (Wildman–Crippen MR) is 127 cm³/mol. The molecule has 0 amide bonds. The van der Waals surface area contributed by atoms with Crippen LogP contribution < -0.4 is 19.5 Å². The van der Waals surface area contributed by atoms with Crippen LogP contribution in [0.3, 0.4) is 0 Å². The van der Waals surface area contributed by atoms with Crippen molar-refractivity contribution in [3.63, 3.8) is 0 Å². The van der Waals surface area contributed by atoms with Gasteiger partial charge in [-0.3, -0.25) is 14.9 Å². The van der Waals surface area contributed by atoms with Crippen LogP contribution >= 0.6 is 0 Å². The monoisotopic (exact) mass is 493 g/mol. The van der Waals surface area contributed by atoms with E-state index in [4.69, 9.17) is 14.2 Å². The molecule has 1 aliphatic heterocycles. The Bertz CT molecular complexity index is 1410. The number of carbonyl (C=O) groups is 1. The topological polar surface area (TPSA) is 151 Å². The highest BCUT2D eigenvalue weighted by Crippen LogP contribution is 2.47. The molecule has 0 spiro atoms. The summed E-state index contributed by atoms with van der Waals surface area (Å²) in [6.45, 7) is 0. The number of aromatic hydroxyl groups is 1. The van der Waals surface area contributed by atoms with Crippen LogP contribution in [-0.4, -0.2) is 51.9 Å². The largest absolute Gasteiger partial charge is 0.500 e. The molecule has 1 aromatic heterocycles. The third-order valence-corrected chi connectivity index (χ3v) is 6.55. The lowest BCUT2D eigenvalue weighted by Crippen LogP contribution is -2.33. The van der Waals surface area contributed by atoms with E-state index < -0.39 is 22.4 Å². The zero-order chi connectivity index (χ0) is 25.6. The Labute approximate surface area is 205 Å². The summed E-state index contributed by atoms with van der Waals surface area (Å²) in [5, 5.41) is 29.3. The van der Waals surface area contributed by atoms with Gasteiger partial charge in [0.2, 0.25) is 11.7 Å². The van der Waals surface area contributed by atoms with E-state index in [1.54, 1.807) is 20.3 Å². The zero-order valence-electron chi connectivity index (χ0n) is 19.7. The summed E-state index contributed by atoms with van der Waals surface area (Å²) < 4.78 is 17.4.